The Bertz CT molecular complexity index is 805. The molecule has 5 nitrogen and oxygen atoms in total. The molecule has 1 aromatic carbocycles. The van der Waals surface area contributed by atoms with Gasteiger partial charge >= 0.3 is 0 Å². The van der Waals surface area contributed by atoms with Crippen molar-refractivity contribution < 1.29 is 9.59 Å². The summed E-state index contributed by atoms with van der Waals surface area (Å²) in [6.07, 6.45) is 6.58. The average Bonchev–Trinajstić information content (AvgIpc) is 2.66. The van der Waals surface area contributed by atoms with Gasteiger partial charge in [-0.25, -0.2) is 0 Å². The number of fused-ring (bicyclic) bond motifs is 1. The lowest BCUT2D eigenvalue weighted by atomic mass is 9.77. The summed E-state index contributed by atoms with van der Waals surface area (Å²) in [7, 11) is 0. The highest BCUT2D eigenvalue weighted by Crippen LogP contribution is 2.39. The van der Waals surface area contributed by atoms with E-state index in [0.29, 0.717) is 18.3 Å². The molecule has 1 heterocycles. The van der Waals surface area contributed by atoms with E-state index in [1.165, 1.54) is 10.9 Å². The van der Waals surface area contributed by atoms with Gasteiger partial charge < -0.3 is 11.1 Å². The number of para-hydroxylation sites is 1. The van der Waals surface area contributed by atoms with Gasteiger partial charge in [0.25, 0.3) is 0 Å². The number of hydrogen-bond donors (Lipinski definition) is 2. The summed E-state index contributed by atoms with van der Waals surface area (Å²) in [6.45, 7) is 3.78. The molecular formula is C22H29N3O2. The zero-order valence-corrected chi connectivity index (χ0v) is 16.2. The van der Waals surface area contributed by atoms with Crippen molar-refractivity contribution in [1.82, 2.24) is 10.3 Å². The number of aromatic nitrogens is 1. The number of nitrogens with one attached hydrogen (secondary N) is 1. The molecule has 1 aliphatic rings. The van der Waals surface area contributed by atoms with Crippen LogP contribution in [0, 0.1) is 11.8 Å². The first-order valence-corrected chi connectivity index (χ1v) is 9.88. The van der Waals surface area contributed by atoms with Gasteiger partial charge in [-0.1, -0.05) is 32.0 Å². The van der Waals surface area contributed by atoms with Crippen molar-refractivity contribution >= 4 is 22.7 Å². The molecule has 1 atom stereocenters. The summed E-state index contributed by atoms with van der Waals surface area (Å²) >= 11 is 0. The number of nitrogens with zero attached hydrogens (tertiary/aromatic N) is 1. The molecule has 2 aromatic rings. The lowest BCUT2D eigenvalue weighted by Crippen LogP contribution is -2.48. The number of pyridine rings is 1. The predicted molar refractivity (Wildman–Crippen MR) is 107 cm³/mol. The van der Waals surface area contributed by atoms with Gasteiger partial charge in [-0.15, -0.1) is 0 Å². The molecule has 3 N–H and O–H groups in total. The molecule has 1 saturated carbocycles. The molecule has 0 saturated heterocycles. The zero-order chi connectivity index (χ0) is 19.4. The normalized spacial score (nSPS) is 21.1. The molecule has 0 unspecified atom stereocenters. The summed E-state index contributed by atoms with van der Waals surface area (Å²) in [5, 5.41) is 4.05. The van der Waals surface area contributed by atoms with E-state index < -0.39 is 11.9 Å². The monoisotopic (exact) mass is 367 g/mol. The second kappa shape index (κ2) is 8.51. The summed E-state index contributed by atoms with van der Waals surface area (Å²) in [5.74, 6) is 0.361. The van der Waals surface area contributed by atoms with Crippen LogP contribution in [0.2, 0.25) is 0 Å². The van der Waals surface area contributed by atoms with Crippen molar-refractivity contribution in [2.24, 2.45) is 17.6 Å². The minimum absolute atomic E-state index is 0.00200. The van der Waals surface area contributed by atoms with E-state index in [9.17, 15) is 9.59 Å². The van der Waals surface area contributed by atoms with Gasteiger partial charge in [0, 0.05) is 18.0 Å². The van der Waals surface area contributed by atoms with E-state index in [1.54, 1.807) is 0 Å². The maximum absolute atomic E-state index is 12.3. The lowest BCUT2D eigenvalue weighted by molar-refractivity contribution is -0.129. The number of benzene rings is 1. The molecular weight excluding hydrogens is 338 g/mol. The number of nitrogens with two attached hydrogens (primary N) is 1. The third-order valence-corrected chi connectivity index (χ3v) is 5.73. The number of amides is 2. The molecule has 3 rings (SSSR count). The van der Waals surface area contributed by atoms with Crippen molar-refractivity contribution in [2.45, 2.75) is 57.9 Å². The van der Waals surface area contributed by atoms with E-state index in [4.69, 9.17) is 5.73 Å². The van der Waals surface area contributed by atoms with Crippen LogP contribution in [0.4, 0.5) is 0 Å². The Balaban J connectivity index is 1.57. The van der Waals surface area contributed by atoms with Gasteiger partial charge in [0.15, 0.2) is 0 Å². The summed E-state index contributed by atoms with van der Waals surface area (Å²) in [5.41, 5.74) is 7.80. The fraction of sp³-hybridized carbons (Fsp3) is 0.500. The molecule has 1 fully saturated rings. The minimum Gasteiger partial charge on any atom is -0.368 e. The van der Waals surface area contributed by atoms with Crippen LogP contribution in [0.5, 0.6) is 0 Å². The Morgan fingerprint density at radius 2 is 1.85 bits per heavy atom. The Morgan fingerprint density at radius 3 is 2.52 bits per heavy atom. The first-order valence-electron chi connectivity index (χ1n) is 9.88. The van der Waals surface area contributed by atoms with Crippen molar-refractivity contribution in [2.75, 3.05) is 0 Å². The number of hydrogen-bond acceptors (Lipinski definition) is 3. The van der Waals surface area contributed by atoms with Crippen molar-refractivity contribution in [3.05, 3.63) is 42.1 Å². The molecule has 27 heavy (non-hydrogen) atoms. The second-order valence-electron chi connectivity index (χ2n) is 8.03. The predicted octanol–water partition coefficient (Wildman–Crippen LogP) is 3.52. The van der Waals surface area contributed by atoms with Gasteiger partial charge in [-0.3, -0.25) is 14.6 Å². The highest BCUT2D eigenvalue weighted by atomic mass is 16.2. The average molecular weight is 367 g/mol. The highest BCUT2D eigenvalue weighted by Gasteiger charge is 2.27. The largest absolute Gasteiger partial charge is 0.368 e. The topological polar surface area (TPSA) is 85.1 Å². The summed E-state index contributed by atoms with van der Waals surface area (Å²) in [6, 6.07) is 9.83. The van der Waals surface area contributed by atoms with E-state index >= 15 is 0 Å². The highest BCUT2D eigenvalue weighted by molar-refractivity contribution is 5.86. The Hall–Kier alpha value is -2.43. The van der Waals surface area contributed by atoms with Gasteiger partial charge in [-0.2, -0.15) is 0 Å². The van der Waals surface area contributed by atoms with Crippen LogP contribution in [0.25, 0.3) is 10.9 Å². The maximum Gasteiger partial charge on any atom is 0.240 e. The standard InChI is InChI=1S/C22H29N3O2/c1-14(2)21(22(23)27)25-20(26)13-15-7-9-16(10-8-15)17-11-12-24-19-6-4-3-5-18(17)19/h3-6,11-12,14-16,21H,7-10,13H2,1-2H3,(H2,23,27)(H,25,26)/t15-,16-,21-/m0/s1. The Kier molecular flexibility index (Phi) is 6.09. The van der Waals surface area contributed by atoms with E-state index in [-0.39, 0.29) is 11.8 Å². The van der Waals surface area contributed by atoms with Gasteiger partial charge in [0.05, 0.1) is 5.52 Å². The number of carbonyl (C=O) groups excluding carboxylic acids is 2. The van der Waals surface area contributed by atoms with Crippen LogP contribution in [0.1, 0.15) is 57.4 Å². The van der Waals surface area contributed by atoms with Crippen molar-refractivity contribution in [1.29, 1.82) is 0 Å². The molecule has 5 heteroatoms. The van der Waals surface area contributed by atoms with Gasteiger partial charge in [0.1, 0.15) is 6.04 Å². The number of rotatable bonds is 6. The van der Waals surface area contributed by atoms with Gasteiger partial charge in [-0.05, 0) is 61.1 Å². The molecule has 144 valence electrons. The lowest BCUT2D eigenvalue weighted by Gasteiger charge is -2.29. The van der Waals surface area contributed by atoms with Crippen molar-refractivity contribution in [3.63, 3.8) is 0 Å². The second-order valence-corrected chi connectivity index (χ2v) is 8.03. The van der Waals surface area contributed by atoms with Gasteiger partial charge in [0.2, 0.25) is 11.8 Å². The van der Waals surface area contributed by atoms with Crippen LogP contribution >= 0.6 is 0 Å². The summed E-state index contributed by atoms with van der Waals surface area (Å²) < 4.78 is 0. The van der Waals surface area contributed by atoms with Crippen LogP contribution in [0.15, 0.2) is 36.5 Å². The maximum atomic E-state index is 12.3. The fourth-order valence-corrected chi connectivity index (χ4v) is 4.21. The summed E-state index contributed by atoms with van der Waals surface area (Å²) in [4.78, 5) is 28.3. The molecule has 0 radical (unpaired) electrons. The third kappa shape index (κ3) is 4.65. The van der Waals surface area contributed by atoms with Crippen LogP contribution < -0.4 is 11.1 Å². The first-order chi connectivity index (χ1) is 13.0. The van der Waals surface area contributed by atoms with Crippen molar-refractivity contribution in [3.8, 4) is 0 Å². The quantitative estimate of drug-likeness (QED) is 0.819. The number of carbonyl (C=O) groups is 2. The SMILES string of the molecule is CC(C)[C@H](NC(=O)C[C@H]1CC[C@H](c2ccnc3ccccc32)CC1)C(N)=O. The molecule has 2 amide bonds. The first kappa shape index (κ1) is 19.3. The van der Waals surface area contributed by atoms with E-state index in [1.807, 2.05) is 26.1 Å². The Morgan fingerprint density at radius 1 is 1.15 bits per heavy atom. The minimum atomic E-state index is -0.586. The fourth-order valence-electron chi connectivity index (χ4n) is 4.21. The Labute approximate surface area is 160 Å². The molecule has 1 aliphatic carbocycles. The zero-order valence-electron chi connectivity index (χ0n) is 16.2. The molecule has 1 aromatic heterocycles. The van der Waals surface area contributed by atoms with Crippen LogP contribution in [-0.4, -0.2) is 22.8 Å². The van der Waals surface area contributed by atoms with Crippen LogP contribution in [0.3, 0.4) is 0 Å². The molecule has 0 bridgehead atoms. The molecule has 0 aliphatic heterocycles. The van der Waals surface area contributed by atoms with E-state index in [2.05, 4.69) is 34.6 Å². The third-order valence-electron chi connectivity index (χ3n) is 5.73. The van der Waals surface area contributed by atoms with E-state index in [0.717, 1.165) is 31.2 Å². The smallest absolute Gasteiger partial charge is 0.240 e. The van der Waals surface area contributed by atoms with Crippen LogP contribution in [-0.2, 0) is 9.59 Å². The number of primary amides is 1. The molecule has 0 spiro atoms.